The Morgan fingerprint density at radius 3 is 2.00 bits per heavy atom. The number of rotatable bonds is 4. The van der Waals surface area contributed by atoms with Crippen molar-refractivity contribution in [3.8, 4) is 12.1 Å². The van der Waals surface area contributed by atoms with Crippen LogP contribution in [-0.4, -0.2) is 34.9 Å². The monoisotopic (exact) mass is 412 g/mol. The second-order valence-electron chi connectivity index (χ2n) is 4.59. The van der Waals surface area contributed by atoms with Crippen molar-refractivity contribution in [3.63, 3.8) is 0 Å². The van der Waals surface area contributed by atoms with E-state index in [4.69, 9.17) is 25.4 Å². The number of nitriles is 2. The molecule has 1 aliphatic rings. The summed E-state index contributed by atoms with van der Waals surface area (Å²) < 4.78 is 7.50. The second-order valence-corrected chi connectivity index (χ2v) is 4.59. The predicted molar refractivity (Wildman–Crippen MR) is 78.9 cm³/mol. The van der Waals surface area contributed by atoms with Gasteiger partial charge in [0, 0.05) is 13.8 Å². The van der Waals surface area contributed by atoms with Gasteiger partial charge in [0.25, 0.3) is 0 Å². The first-order chi connectivity index (χ1) is 10.4. The van der Waals surface area contributed by atoms with Gasteiger partial charge in [0.2, 0.25) is 0 Å². The summed E-state index contributed by atoms with van der Waals surface area (Å²) in [6.45, 7) is 8.49. The molecule has 23 heavy (non-hydrogen) atoms. The molecule has 0 aromatic carbocycles. The van der Waals surface area contributed by atoms with Crippen molar-refractivity contribution < 1.29 is 39.1 Å². The summed E-state index contributed by atoms with van der Waals surface area (Å²) in [5.74, 6) is -0.138. The van der Waals surface area contributed by atoms with Crippen molar-refractivity contribution in [1.82, 2.24) is 5.32 Å². The molecular weight excluding hydrogens is 387 g/mol. The van der Waals surface area contributed by atoms with Crippen LogP contribution in [0.25, 0.3) is 0 Å². The third kappa shape index (κ3) is 16.9. The zero-order valence-electron chi connectivity index (χ0n) is 13.6. The SMILES string of the molecule is CC#N.CC#N.CC(CO)(CO)NC(=O)C1[CH-]CCC1.[C-]#[O+].[Ru+]. The Balaban J connectivity index is -0.000000171. The van der Waals surface area contributed by atoms with Crippen molar-refractivity contribution in [2.24, 2.45) is 5.92 Å². The Labute approximate surface area is 151 Å². The van der Waals surface area contributed by atoms with Gasteiger partial charge < -0.3 is 22.0 Å². The maximum atomic E-state index is 11.6. The average molecular weight is 411 g/mol. The number of aliphatic hydroxyl groups is 2. The van der Waals surface area contributed by atoms with Crippen molar-refractivity contribution in [2.75, 3.05) is 13.2 Å². The van der Waals surface area contributed by atoms with Gasteiger partial charge in [0.1, 0.15) is 0 Å². The number of nitrogens with zero attached hydrogens (tertiary/aromatic N) is 2. The summed E-state index contributed by atoms with van der Waals surface area (Å²) in [6.07, 6.45) is 4.89. The molecule has 0 saturated heterocycles. The Morgan fingerprint density at radius 1 is 1.35 bits per heavy atom. The summed E-state index contributed by atoms with van der Waals surface area (Å²) in [4.78, 5) is 11.6. The van der Waals surface area contributed by atoms with Crippen molar-refractivity contribution in [3.05, 3.63) is 13.1 Å². The molecule has 0 aliphatic heterocycles. The molecule has 3 N–H and O–H groups in total. The van der Waals surface area contributed by atoms with Crippen LogP contribution in [0.5, 0.6) is 0 Å². The first-order valence-corrected chi connectivity index (χ1v) is 6.63. The molecule has 0 aromatic rings. The fraction of sp³-hybridized carbons (Fsp3) is 0.667. The molecule has 7 nitrogen and oxygen atoms in total. The normalized spacial score (nSPS) is 14.4. The standard InChI is InChI=1S/C10H18NO3.2C2H3N.CO.Ru/c1-10(6-12,7-13)11-9(14)8-4-2-3-5-8;2*1-2-3;1-2;/h4,8,12-13H,2-3,5-7H2,1H3,(H,11,14);2*1H3;;/q-1;;;;+1. The van der Waals surface area contributed by atoms with Crippen LogP contribution in [0.1, 0.15) is 40.0 Å². The maximum absolute atomic E-state index is 11.6. The molecule has 1 unspecified atom stereocenters. The largest absolute Gasteiger partial charge is 1.00 e. The molecular formula is C15H24N3O4Ru. The average Bonchev–Trinajstić information content (AvgIpc) is 3.05. The van der Waals surface area contributed by atoms with E-state index in [9.17, 15) is 4.79 Å². The van der Waals surface area contributed by atoms with E-state index in [1.807, 2.05) is 6.42 Å². The van der Waals surface area contributed by atoms with E-state index in [1.165, 1.54) is 13.8 Å². The van der Waals surface area contributed by atoms with Gasteiger partial charge in [-0.05, 0) is 6.92 Å². The minimum absolute atomic E-state index is 0. The van der Waals surface area contributed by atoms with Crippen LogP contribution in [0.3, 0.4) is 0 Å². The molecule has 131 valence electrons. The number of hydrogen-bond acceptors (Lipinski definition) is 5. The minimum atomic E-state index is -0.895. The van der Waals surface area contributed by atoms with E-state index < -0.39 is 5.54 Å². The summed E-state index contributed by atoms with van der Waals surface area (Å²) in [5, 5.41) is 35.3. The van der Waals surface area contributed by atoms with Gasteiger partial charge in [0.15, 0.2) is 5.91 Å². The first-order valence-electron chi connectivity index (χ1n) is 6.63. The van der Waals surface area contributed by atoms with E-state index in [0.717, 1.165) is 19.3 Å². The van der Waals surface area contributed by atoms with E-state index in [-0.39, 0.29) is 44.5 Å². The zero-order chi connectivity index (χ0) is 18.0. The molecule has 1 radical (unpaired) electrons. The van der Waals surface area contributed by atoms with Gasteiger partial charge in [-0.15, -0.1) is 0 Å². The van der Waals surface area contributed by atoms with Crippen molar-refractivity contribution >= 4 is 5.91 Å². The fourth-order valence-electron chi connectivity index (χ4n) is 1.53. The molecule has 1 fully saturated rings. The van der Waals surface area contributed by atoms with Crippen LogP contribution in [0.15, 0.2) is 0 Å². The molecule has 8 heteroatoms. The molecule has 1 saturated carbocycles. The maximum Gasteiger partial charge on any atom is 1.00 e. The van der Waals surface area contributed by atoms with Crippen LogP contribution in [-0.2, 0) is 28.9 Å². The summed E-state index contributed by atoms with van der Waals surface area (Å²) >= 11 is 0. The Kier molecular flexibility index (Phi) is 26.8. The molecule has 0 spiro atoms. The Bertz CT molecular complexity index is 366. The van der Waals surface area contributed by atoms with E-state index >= 15 is 0 Å². The van der Waals surface area contributed by atoms with E-state index in [1.54, 1.807) is 19.1 Å². The molecule has 0 bridgehead atoms. The molecule has 0 aromatic heterocycles. The van der Waals surface area contributed by atoms with Crippen LogP contribution in [0, 0.1) is 41.7 Å². The topological polar surface area (TPSA) is 137 Å². The number of carbonyl (C=O) groups is 1. The van der Waals surface area contributed by atoms with Gasteiger partial charge in [-0.1, -0.05) is 18.8 Å². The third-order valence-corrected chi connectivity index (χ3v) is 2.63. The van der Waals surface area contributed by atoms with Gasteiger partial charge in [-0.2, -0.15) is 16.9 Å². The van der Waals surface area contributed by atoms with Crippen LogP contribution < -0.4 is 5.32 Å². The van der Waals surface area contributed by atoms with Gasteiger partial charge in [-0.25, -0.2) is 0 Å². The van der Waals surface area contributed by atoms with Crippen LogP contribution >= 0.6 is 0 Å². The summed E-state index contributed by atoms with van der Waals surface area (Å²) in [7, 11) is 0. The smallest absolute Gasteiger partial charge is 1.00 e. The number of nitrogens with one attached hydrogen (secondary N) is 1. The second kappa shape index (κ2) is 20.7. The molecule has 1 aliphatic carbocycles. The van der Waals surface area contributed by atoms with Crippen molar-refractivity contribution in [1.29, 1.82) is 10.5 Å². The number of amides is 1. The number of aliphatic hydroxyl groups excluding tert-OH is 2. The molecule has 1 rings (SSSR count). The third-order valence-electron chi connectivity index (χ3n) is 2.63. The number of hydrogen-bond donors (Lipinski definition) is 3. The van der Waals surface area contributed by atoms with Crippen molar-refractivity contribution in [2.45, 2.75) is 45.6 Å². The number of carbonyl (C=O) groups excluding carboxylic acids is 1. The summed E-state index contributed by atoms with van der Waals surface area (Å²) in [5.41, 5.74) is -0.895. The van der Waals surface area contributed by atoms with E-state index in [2.05, 4.69) is 12.0 Å². The zero-order valence-corrected chi connectivity index (χ0v) is 15.4. The molecule has 0 heterocycles. The predicted octanol–water partition coefficient (Wildman–Crippen LogP) is 0.870. The van der Waals surface area contributed by atoms with Gasteiger partial charge >= 0.3 is 30.8 Å². The quantitative estimate of drug-likeness (QED) is 0.358. The Morgan fingerprint density at radius 2 is 1.74 bits per heavy atom. The molecule has 1 atom stereocenters. The minimum Gasteiger partial charge on any atom is 1.00 e. The van der Waals surface area contributed by atoms with Gasteiger partial charge in [-0.3, -0.25) is 4.79 Å². The van der Waals surface area contributed by atoms with Crippen LogP contribution in [0.2, 0.25) is 0 Å². The van der Waals surface area contributed by atoms with Crippen LogP contribution in [0.4, 0.5) is 0 Å². The first kappa shape index (κ1) is 29.7. The molecule has 1 amide bonds. The Hall–Kier alpha value is -1.27. The summed E-state index contributed by atoms with van der Waals surface area (Å²) in [6, 6.07) is 3.50. The van der Waals surface area contributed by atoms with Gasteiger partial charge in [0.05, 0.1) is 30.9 Å². The van der Waals surface area contributed by atoms with E-state index in [0.29, 0.717) is 0 Å². The fourth-order valence-corrected chi connectivity index (χ4v) is 1.53.